The molecule has 0 fully saturated rings. The van der Waals surface area contributed by atoms with Crippen molar-refractivity contribution in [2.75, 3.05) is 0 Å². The van der Waals surface area contributed by atoms with Crippen LogP contribution < -0.4 is 5.32 Å². The summed E-state index contributed by atoms with van der Waals surface area (Å²) in [7, 11) is 0. The Morgan fingerprint density at radius 3 is 2.55 bits per heavy atom. The predicted molar refractivity (Wildman–Crippen MR) is 117 cm³/mol. The van der Waals surface area contributed by atoms with Gasteiger partial charge in [0.2, 0.25) is 5.78 Å². The number of allylic oxidation sites excluding steroid dienone is 8. The number of ketones is 2. The summed E-state index contributed by atoms with van der Waals surface area (Å²) in [5.74, 6) is -0.0250. The average Bonchev–Trinajstić information content (AvgIpc) is 2.64. The average molecular weight is 396 g/mol. The van der Waals surface area contributed by atoms with Gasteiger partial charge in [-0.1, -0.05) is 56.6 Å². The highest BCUT2D eigenvalue weighted by Gasteiger charge is 2.24. The Hall–Kier alpha value is -2.49. The minimum absolute atomic E-state index is 0.0767. The van der Waals surface area contributed by atoms with E-state index in [4.69, 9.17) is 0 Å². The number of carbonyl (C=O) groups excluding carboxylic acids is 3. The molecule has 0 aromatic carbocycles. The fourth-order valence-electron chi connectivity index (χ4n) is 3.74. The van der Waals surface area contributed by atoms with Crippen LogP contribution in [0.4, 0.5) is 0 Å². The molecule has 0 aromatic heterocycles. The lowest BCUT2D eigenvalue weighted by molar-refractivity contribution is -0.120. The molecule has 1 N–H and O–H groups in total. The van der Waals surface area contributed by atoms with Crippen molar-refractivity contribution < 1.29 is 14.4 Å². The zero-order valence-corrected chi connectivity index (χ0v) is 18.1. The van der Waals surface area contributed by atoms with E-state index in [9.17, 15) is 14.4 Å². The Morgan fingerprint density at radius 2 is 1.79 bits per heavy atom. The summed E-state index contributed by atoms with van der Waals surface area (Å²) < 4.78 is 0. The number of rotatable bonds is 0. The summed E-state index contributed by atoms with van der Waals surface area (Å²) in [5, 5.41) is 2.62. The van der Waals surface area contributed by atoms with E-state index in [-0.39, 0.29) is 23.2 Å². The number of hydrogen-bond donors (Lipinski definition) is 1. The van der Waals surface area contributed by atoms with Crippen molar-refractivity contribution in [3.63, 3.8) is 0 Å². The first-order valence-electron chi connectivity index (χ1n) is 10.6. The molecule has 1 aliphatic heterocycles. The van der Waals surface area contributed by atoms with Crippen LogP contribution in [0.1, 0.15) is 66.2 Å². The molecule has 2 unspecified atom stereocenters. The maximum absolute atomic E-state index is 12.8. The monoisotopic (exact) mass is 395 g/mol. The molecule has 4 heteroatoms. The number of amides is 1. The number of carbonyl (C=O) groups is 3. The van der Waals surface area contributed by atoms with Gasteiger partial charge < -0.3 is 5.32 Å². The number of nitrogens with one attached hydrogen (secondary N) is 1. The number of Topliss-reactive ketones (excluding diaryl/α,β-unsaturated/α-hetero) is 1. The topological polar surface area (TPSA) is 63.2 Å². The summed E-state index contributed by atoms with van der Waals surface area (Å²) in [5.41, 5.74) is 2.45. The van der Waals surface area contributed by atoms with Crippen LogP contribution in [0.5, 0.6) is 0 Å². The Balaban J connectivity index is 2.21. The highest BCUT2D eigenvalue weighted by Crippen LogP contribution is 2.24. The van der Waals surface area contributed by atoms with Crippen LogP contribution in [0.15, 0.2) is 58.9 Å². The maximum Gasteiger partial charge on any atom is 0.251 e. The Bertz CT molecular complexity index is 808. The molecule has 2 bridgehead atoms. The molecule has 2 atom stereocenters. The van der Waals surface area contributed by atoms with Crippen molar-refractivity contribution in [2.24, 2.45) is 11.8 Å². The van der Waals surface area contributed by atoms with Crippen molar-refractivity contribution in [3.8, 4) is 0 Å². The van der Waals surface area contributed by atoms with E-state index >= 15 is 0 Å². The quantitative estimate of drug-likeness (QED) is 0.456. The molecule has 1 heterocycles. The normalized spacial score (nSPS) is 30.3. The zero-order chi connectivity index (χ0) is 21.4. The Morgan fingerprint density at radius 1 is 1.03 bits per heavy atom. The predicted octanol–water partition coefficient (Wildman–Crippen LogP) is 5.14. The van der Waals surface area contributed by atoms with Gasteiger partial charge in [0.25, 0.3) is 5.91 Å². The van der Waals surface area contributed by atoms with Gasteiger partial charge >= 0.3 is 0 Å². The van der Waals surface area contributed by atoms with Crippen LogP contribution >= 0.6 is 0 Å². The molecule has 2 rings (SSSR count). The van der Waals surface area contributed by atoms with E-state index in [0.717, 1.165) is 32.1 Å². The van der Waals surface area contributed by atoms with Gasteiger partial charge in [0.1, 0.15) is 0 Å². The van der Waals surface area contributed by atoms with Crippen LogP contribution in [-0.2, 0) is 14.4 Å². The minimum Gasteiger partial charge on any atom is -0.319 e. The van der Waals surface area contributed by atoms with Crippen LogP contribution in [0.3, 0.4) is 0 Å². The second-order valence-electron chi connectivity index (χ2n) is 8.46. The lowest BCUT2D eigenvalue weighted by atomic mass is 9.88. The molecule has 0 radical (unpaired) electrons. The fourth-order valence-corrected chi connectivity index (χ4v) is 3.74. The molecule has 1 amide bonds. The van der Waals surface area contributed by atoms with Crippen molar-refractivity contribution >= 4 is 17.5 Å². The molecule has 0 aromatic rings. The molecule has 0 saturated heterocycles. The SMILES string of the molecule is C/C1=C/C(C)CCCC(C)CC2=CC(=O)C=C(NC(=O)/C(C)=C/C=C\CC1)C2=O. The van der Waals surface area contributed by atoms with Gasteiger partial charge in [-0.15, -0.1) is 0 Å². The largest absolute Gasteiger partial charge is 0.319 e. The fraction of sp³-hybridized carbons (Fsp3) is 0.480. The zero-order valence-electron chi connectivity index (χ0n) is 18.1. The Kier molecular flexibility index (Phi) is 8.56. The van der Waals surface area contributed by atoms with Gasteiger partial charge in [0, 0.05) is 17.2 Å². The third-order valence-electron chi connectivity index (χ3n) is 5.43. The van der Waals surface area contributed by atoms with Gasteiger partial charge in [0.15, 0.2) is 5.78 Å². The highest BCUT2D eigenvalue weighted by atomic mass is 16.2. The molecule has 29 heavy (non-hydrogen) atoms. The standard InChI is InChI=1S/C25H33NO3/c1-17-9-6-5-7-12-20(4)25(29)26-23-16-22(27)15-21(24(23)28)14-19(3)11-8-10-18(2)13-17/h5,7,12-13,15-16,18-19H,6,8-11,14H2,1-4H3,(H,26,29)/b7-5-,17-13-,20-12+. The molecule has 1 aliphatic carbocycles. The third kappa shape index (κ3) is 7.45. The van der Waals surface area contributed by atoms with Gasteiger partial charge in [-0.3, -0.25) is 14.4 Å². The van der Waals surface area contributed by atoms with Crippen LogP contribution in [0.2, 0.25) is 0 Å². The van der Waals surface area contributed by atoms with Gasteiger partial charge in [-0.05, 0) is 57.4 Å². The summed E-state index contributed by atoms with van der Waals surface area (Å²) >= 11 is 0. The first-order valence-corrected chi connectivity index (χ1v) is 10.6. The smallest absolute Gasteiger partial charge is 0.251 e. The maximum atomic E-state index is 12.8. The minimum atomic E-state index is -0.362. The first kappa shape index (κ1) is 22.8. The third-order valence-corrected chi connectivity index (χ3v) is 5.43. The Labute approximate surface area is 174 Å². The van der Waals surface area contributed by atoms with Crippen molar-refractivity contribution in [1.29, 1.82) is 0 Å². The van der Waals surface area contributed by atoms with Crippen molar-refractivity contribution in [2.45, 2.75) is 66.2 Å². The summed E-state index contributed by atoms with van der Waals surface area (Å²) in [6.45, 7) is 8.23. The second-order valence-corrected chi connectivity index (χ2v) is 8.46. The lowest BCUT2D eigenvalue weighted by Crippen LogP contribution is -2.31. The van der Waals surface area contributed by atoms with Crippen LogP contribution in [0, 0.1) is 11.8 Å². The van der Waals surface area contributed by atoms with E-state index < -0.39 is 0 Å². The van der Waals surface area contributed by atoms with E-state index in [1.165, 1.54) is 17.7 Å². The first-order chi connectivity index (χ1) is 13.8. The molecule has 4 nitrogen and oxygen atoms in total. The van der Waals surface area contributed by atoms with E-state index in [1.54, 1.807) is 13.0 Å². The molecular weight excluding hydrogens is 362 g/mol. The molecule has 0 saturated carbocycles. The van der Waals surface area contributed by atoms with Crippen molar-refractivity contribution in [1.82, 2.24) is 5.32 Å². The van der Waals surface area contributed by atoms with Gasteiger partial charge in [-0.2, -0.15) is 0 Å². The molecular formula is C25H33NO3. The highest BCUT2D eigenvalue weighted by molar-refractivity contribution is 6.21. The van der Waals surface area contributed by atoms with Gasteiger partial charge in [-0.25, -0.2) is 0 Å². The van der Waals surface area contributed by atoms with Crippen molar-refractivity contribution in [3.05, 3.63) is 58.9 Å². The van der Waals surface area contributed by atoms with Crippen LogP contribution in [0.25, 0.3) is 0 Å². The summed E-state index contributed by atoms with van der Waals surface area (Å²) in [6, 6.07) is 0. The second kappa shape index (κ2) is 10.9. The van der Waals surface area contributed by atoms with E-state index in [1.807, 2.05) is 12.2 Å². The van der Waals surface area contributed by atoms with Crippen LogP contribution in [-0.4, -0.2) is 17.5 Å². The lowest BCUT2D eigenvalue weighted by Gasteiger charge is -2.18. The van der Waals surface area contributed by atoms with Gasteiger partial charge in [0.05, 0.1) is 5.70 Å². The summed E-state index contributed by atoms with van der Waals surface area (Å²) in [4.78, 5) is 37.2. The molecule has 2 aliphatic rings. The molecule has 156 valence electrons. The number of hydrogen-bond acceptors (Lipinski definition) is 3. The van der Waals surface area contributed by atoms with E-state index in [0.29, 0.717) is 29.4 Å². The van der Waals surface area contributed by atoms with E-state index in [2.05, 4.69) is 32.2 Å². The summed E-state index contributed by atoms with van der Waals surface area (Å²) in [6.07, 6.45) is 16.3. The number of fused-ring (bicyclic) bond motifs is 2. The molecule has 0 spiro atoms.